The largest absolute Gasteiger partial charge is 0.330 e. The second-order valence-electron chi connectivity index (χ2n) is 5.86. The first-order chi connectivity index (χ1) is 8.88. The lowest BCUT2D eigenvalue weighted by molar-refractivity contribution is 0.315. The van der Waals surface area contributed by atoms with E-state index in [1.165, 1.54) is 64.2 Å². The molecule has 1 aliphatic rings. The van der Waals surface area contributed by atoms with Gasteiger partial charge in [0.15, 0.2) is 0 Å². The van der Waals surface area contributed by atoms with Crippen molar-refractivity contribution >= 4 is 0 Å². The number of hydrogen-bond acceptors (Lipinski definition) is 2. The van der Waals surface area contributed by atoms with Gasteiger partial charge in [-0.2, -0.15) is 5.26 Å². The summed E-state index contributed by atoms with van der Waals surface area (Å²) >= 11 is 0. The molecule has 0 amide bonds. The van der Waals surface area contributed by atoms with E-state index in [0.29, 0.717) is 0 Å². The van der Waals surface area contributed by atoms with Gasteiger partial charge in [0.1, 0.15) is 0 Å². The van der Waals surface area contributed by atoms with E-state index in [4.69, 9.17) is 11.0 Å². The number of rotatable bonds is 10. The fourth-order valence-electron chi connectivity index (χ4n) is 3.29. The van der Waals surface area contributed by atoms with Crippen molar-refractivity contribution in [2.24, 2.45) is 17.6 Å². The monoisotopic (exact) mass is 250 g/mol. The molecular weight excluding hydrogens is 220 g/mol. The van der Waals surface area contributed by atoms with Crippen molar-refractivity contribution in [3.8, 4) is 6.07 Å². The Morgan fingerprint density at radius 3 is 2.22 bits per heavy atom. The Kier molecular flexibility index (Phi) is 8.94. The fraction of sp³-hybridized carbons (Fsp3) is 0.938. The van der Waals surface area contributed by atoms with Crippen LogP contribution in [-0.2, 0) is 0 Å². The van der Waals surface area contributed by atoms with E-state index < -0.39 is 0 Å². The molecule has 0 heterocycles. The van der Waals surface area contributed by atoms with Crippen LogP contribution in [0.25, 0.3) is 0 Å². The molecule has 1 atom stereocenters. The molecule has 1 fully saturated rings. The van der Waals surface area contributed by atoms with Gasteiger partial charge in [0.05, 0.1) is 6.07 Å². The minimum atomic E-state index is 0.733. The number of unbranched alkanes of at least 4 members (excludes halogenated alkanes) is 6. The molecule has 0 aliphatic heterocycles. The predicted octanol–water partition coefficient (Wildman–Crippen LogP) is 4.40. The topological polar surface area (TPSA) is 49.8 Å². The molecule has 2 heteroatoms. The summed E-state index contributed by atoms with van der Waals surface area (Å²) in [6, 6.07) is 2.21. The standard InChI is InChI=1S/C16H30N2/c17-13-9-5-3-1-2-4-6-12-16(14-18)15-10-7-8-11-15/h15-16H,1-12,14,18H2. The number of nitriles is 1. The molecule has 0 saturated heterocycles. The molecule has 2 N–H and O–H groups in total. The van der Waals surface area contributed by atoms with Gasteiger partial charge in [-0.3, -0.25) is 0 Å². The minimum Gasteiger partial charge on any atom is -0.330 e. The second kappa shape index (κ2) is 10.4. The predicted molar refractivity (Wildman–Crippen MR) is 77.1 cm³/mol. The van der Waals surface area contributed by atoms with E-state index in [9.17, 15) is 0 Å². The lowest BCUT2D eigenvalue weighted by Gasteiger charge is -2.21. The van der Waals surface area contributed by atoms with Gasteiger partial charge in [0, 0.05) is 6.42 Å². The normalized spacial score (nSPS) is 17.8. The third-order valence-electron chi connectivity index (χ3n) is 4.48. The summed E-state index contributed by atoms with van der Waals surface area (Å²) in [5.41, 5.74) is 5.92. The highest BCUT2D eigenvalue weighted by molar-refractivity contribution is 4.76. The zero-order chi connectivity index (χ0) is 13.1. The summed E-state index contributed by atoms with van der Waals surface area (Å²) in [4.78, 5) is 0. The molecule has 0 spiro atoms. The maximum atomic E-state index is 8.44. The van der Waals surface area contributed by atoms with Crippen molar-refractivity contribution in [2.75, 3.05) is 6.54 Å². The zero-order valence-corrected chi connectivity index (χ0v) is 11.9. The smallest absolute Gasteiger partial charge is 0.0621 e. The van der Waals surface area contributed by atoms with Crippen molar-refractivity contribution < 1.29 is 0 Å². The Balaban J connectivity index is 1.94. The van der Waals surface area contributed by atoms with Crippen LogP contribution in [0.4, 0.5) is 0 Å². The van der Waals surface area contributed by atoms with Crippen LogP contribution >= 0.6 is 0 Å². The van der Waals surface area contributed by atoms with Crippen LogP contribution in [0, 0.1) is 23.2 Å². The van der Waals surface area contributed by atoms with E-state index >= 15 is 0 Å². The first kappa shape index (κ1) is 15.5. The maximum absolute atomic E-state index is 8.44. The molecule has 1 rings (SSSR count). The van der Waals surface area contributed by atoms with Crippen LogP contribution < -0.4 is 5.73 Å². The van der Waals surface area contributed by atoms with E-state index in [-0.39, 0.29) is 0 Å². The van der Waals surface area contributed by atoms with Gasteiger partial charge in [0.2, 0.25) is 0 Å². The summed E-state index contributed by atoms with van der Waals surface area (Å²) in [6.45, 7) is 0.896. The summed E-state index contributed by atoms with van der Waals surface area (Å²) in [6.07, 6.45) is 15.5. The van der Waals surface area contributed by atoms with Crippen molar-refractivity contribution in [3.63, 3.8) is 0 Å². The van der Waals surface area contributed by atoms with Crippen LogP contribution in [0.3, 0.4) is 0 Å². The molecule has 1 saturated carbocycles. The highest BCUT2D eigenvalue weighted by Crippen LogP contribution is 2.33. The van der Waals surface area contributed by atoms with E-state index in [0.717, 1.165) is 31.2 Å². The van der Waals surface area contributed by atoms with E-state index in [2.05, 4.69) is 6.07 Å². The van der Waals surface area contributed by atoms with E-state index in [1.54, 1.807) is 0 Å². The summed E-state index contributed by atoms with van der Waals surface area (Å²) in [7, 11) is 0. The fourth-order valence-corrected chi connectivity index (χ4v) is 3.29. The average Bonchev–Trinajstić information content (AvgIpc) is 2.91. The van der Waals surface area contributed by atoms with Gasteiger partial charge in [-0.1, -0.05) is 57.8 Å². The van der Waals surface area contributed by atoms with Crippen LogP contribution in [-0.4, -0.2) is 6.54 Å². The Morgan fingerprint density at radius 2 is 1.61 bits per heavy atom. The van der Waals surface area contributed by atoms with Crippen LogP contribution in [0.15, 0.2) is 0 Å². The maximum Gasteiger partial charge on any atom is 0.0621 e. The molecule has 0 bridgehead atoms. The van der Waals surface area contributed by atoms with Crippen molar-refractivity contribution in [1.29, 1.82) is 5.26 Å². The van der Waals surface area contributed by atoms with Crippen LogP contribution in [0.5, 0.6) is 0 Å². The molecule has 1 aliphatic carbocycles. The molecule has 104 valence electrons. The molecule has 2 nitrogen and oxygen atoms in total. The molecule has 0 aromatic rings. The van der Waals surface area contributed by atoms with Gasteiger partial charge in [-0.25, -0.2) is 0 Å². The molecule has 1 unspecified atom stereocenters. The van der Waals surface area contributed by atoms with Crippen LogP contribution in [0.2, 0.25) is 0 Å². The Morgan fingerprint density at radius 1 is 1.00 bits per heavy atom. The molecule has 18 heavy (non-hydrogen) atoms. The summed E-state index contributed by atoms with van der Waals surface area (Å²) < 4.78 is 0. The highest BCUT2D eigenvalue weighted by Gasteiger charge is 2.23. The van der Waals surface area contributed by atoms with Crippen molar-refractivity contribution in [3.05, 3.63) is 0 Å². The highest BCUT2D eigenvalue weighted by atomic mass is 14.6. The quantitative estimate of drug-likeness (QED) is 0.584. The Labute approximate surface area is 113 Å². The SMILES string of the molecule is N#CCCCCCCCCC(CN)C1CCCC1. The number of nitrogens with zero attached hydrogens (tertiary/aromatic N) is 1. The minimum absolute atomic E-state index is 0.733. The van der Waals surface area contributed by atoms with Gasteiger partial charge >= 0.3 is 0 Å². The van der Waals surface area contributed by atoms with Gasteiger partial charge < -0.3 is 5.73 Å². The molecule has 0 aromatic carbocycles. The zero-order valence-electron chi connectivity index (χ0n) is 11.9. The third-order valence-corrected chi connectivity index (χ3v) is 4.48. The molecule has 0 aromatic heterocycles. The number of nitrogens with two attached hydrogens (primary N) is 1. The number of hydrogen-bond donors (Lipinski definition) is 1. The van der Waals surface area contributed by atoms with Gasteiger partial charge in [0.25, 0.3) is 0 Å². The Bertz CT molecular complexity index is 226. The van der Waals surface area contributed by atoms with Gasteiger partial charge in [-0.05, 0) is 31.2 Å². The third kappa shape index (κ3) is 6.40. The van der Waals surface area contributed by atoms with Crippen molar-refractivity contribution in [1.82, 2.24) is 0 Å². The molecular formula is C16H30N2. The average molecular weight is 250 g/mol. The lowest BCUT2D eigenvalue weighted by Crippen LogP contribution is -2.21. The molecule has 0 radical (unpaired) electrons. The van der Waals surface area contributed by atoms with E-state index in [1.807, 2.05) is 0 Å². The summed E-state index contributed by atoms with van der Waals surface area (Å²) in [5, 5.41) is 8.44. The second-order valence-corrected chi connectivity index (χ2v) is 5.86. The van der Waals surface area contributed by atoms with Crippen LogP contribution in [0.1, 0.15) is 77.0 Å². The first-order valence-electron chi connectivity index (χ1n) is 7.95. The lowest BCUT2D eigenvalue weighted by atomic mass is 9.86. The Hall–Kier alpha value is -0.550. The summed E-state index contributed by atoms with van der Waals surface area (Å²) in [5.74, 6) is 1.73. The van der Waals surface area contributed by atoms with Gasteiger partial charge in [-0.15, -0.1) is 0 Å². The van der Waals surface area contributed by atoms with Crippen molar-refractivity contribution in [2.45, 2.75) is 77.0 Å². The first-order valence-corrected chi connectivity index (χ1v) is 7.95.